The number of phenols is 1. The van der Waals surface area contributed by atoms with Crippen molar-refractivity contribution in [3.63, 3.8) is 0 Å². The van der Waals surface area contributed by atoms with Gasteiger partial charge in [0, 0.05) is 0 Å². The minimum absolute atomic E-state index is 0.465. The van der Waals surface area contributed by atoms with Crippen LogP contribution in [-0.2, 0) is 0 Å². The summed E-state index contributed by atoms with van der Waals surface area (Å²) >= 11 is 0. The molecular formula is C18H28O. The van der Waals surface area contributed by atoms with Crippen molar-refractivity contribution in [2.75, 3.05) is 0 Å². The molecule has 0 spiro atoms. The van der Waals surface area contributed by atoms with Crippen molar-refractivity contribution in [1.29, 1.82) is 0 Å². The zero-order chi connectivity index (χ0) is 14.0. The Hall–Kier alpha value is -0.980. The lowest BCUT2D eigenvalue weighted by Crippen LogP contribution is -2.19. The van der Waals surface area contributed by atoms with E-state index >= 15 is 0 Å². The zero-order valence-corrected chi connectivity index (χ0v) is 12.9. The van der Waals surface area contributed by atoms with Crippen molar-refractivity contribution in [1.82, 2.24) is 0 Å². The molecule has 106 valence electrons. The summed E-state index contributed by atoms with van der Waals surface area (Å²) in [5.74, 6) is 2.51. The molecule has 1 N–H and O–H groups in total. The number of aryl methyl sites for hydroxylation is 1. The molecule has 0 radical (unpaired) electrons. The number of rotatable bonds is 4. The minimum atomic E-state index is 0.465. The lowest BCUT2D eigenvalue weighted by atomic mass is 9.71. The number of unbranched alkanes of at least 4 members (excludes halogenated alkanes) is 1. The Labute approximate surface area is 118 Å². The second-order valence-electron chi connectivity index (χ2n) is 6.47. The van der Waals surface area contributed by atoms with Crippen molar-refractivity contribution in [3.8, 4) is 5.75 Å². The van der Waals surface area contributed by atoms with Crippen molar-refractivity contribution in [2.24, 2.45) is 5.92 Å². The van der Waals surface area contributed by atoms with Crippen LogP contribution in [0.1, 0.15) is 81.4 Å². The van der Waals surface area contributed by atoms with E-state index in [4.69, 9.17) is 0 Å². The van der Waals surface area contributed by atoms with Gasteiger partial charge in [-0.05, 0) is 60.3 Å². The van der Waals surface area contributed by atoms with E-state index in [0.29, 0.717) is 17.6 Å². The summed E-state index contributed by atoms with van der Waals surface area (Å²) in [6.07, 6.45) is 6.52. The molecule has 0 aromatic heterocycles. The highest BCUT2D eigenvalue weighted by molar-refractivity contribution is 5.45. The molecule has 2 rings (SSSR count). The van der Waals surface area contributed by atoms with E-state index < -0.39 is 0 Å². The number of benzene rings is 1. The van der Waals surface area contributed by atoms with Crippen molar-refractivity contribution in [2.45, 2.75) is 71.6 Å². The molecule has 1 aliphatic rings. The molecule has 0 saturated heterocycles. The average molecular weight is 260 g/mol. The second-order valence-corrected chi connectivity index (χ2v) is 6.47. The maximum absolute atomic E-state index is 9.96. The first-order valence-corrected chi connectivity index (χ1v) is 7.88. The van der Waals surface area contributed by atoms with Crippen LogP contribution in [0.4, 0.5) is 0 Å². The van der Waals surface area contributed by atoms with Crippen LogP contribution in [0.3, 0.4) is 0 Å². The average Bonchev–Trinajstić information content (AvgIpc) is 2.39. The highest BCUT2D eigenvalue weighted by atomic mass is 16.3. The fourth-order valence-corrected chi connectivity index (χ4v) is 3.54. The Kier molecular flexibility index (Phi) is 4.54. The van der Waals surface area contributed by atoms with Gasteiger partial charge in [-0.15, -0.1) is 0 Å². The Balaban J connectivity index is 2.31. The van der Waals surface area contributed by atoms with Gasteiger partial charge in [-0.1, -0.05) is 46.1 Å². The molecular weight excluding hydrogens is 232 g/mol. The topological polar surface area (TPSA) is 20.2 Å². The van der Waals surface area contributed by atoms with Gasteiger partial charge in [-0.3, -0.25) is 0 Å². The fourth-order valence-electron chi connectivity index (χ4n) is 3.54. The first kappa shape index (κ1) is 14.4. The van der Waals surface area contributed by atoms with Gasteiger partial charge in [0.1, 0.15) is 5.75 Å². The summed E-state index contributed by atoms with van der Waals surface area (Å²) in [4.78, 5) is 0. The van der Waals surface area contributed by atoms with Gasteiger partial charge in [-0.25, -0.2) is 0 Å². The van der Waals surface area contributed by atoms with Crippen LogP contribution in [0.2, 0.25) is 0 Å². The zero-order valence-electron chi connectivity index (χ0n) is 12.9. The smallest absolute Gasteiger partial charge is 0.118 e. The molecule has 0 saturated carbocycles. The van der Waals surface area contributed by atoms with Crippen molar-refractivity contribution < 1.29 is 5.11 Å². The summed E-state index contributed by atoms with van der Waals surface area (Å²) in [5, 5.41) is 9.96. The Bertz CT molecular complexity index is 436. The van der Waals surface area contributed by atoms with Crippen molar-refractivity contribution >= 4 is 0 Å². The van der Waals surface area contributed by atoms with Gasteiger partial charge in [-0.2, -0.15) is 0 Å². The molecule has 0 amide bonds. The van der Waals surface area contributed by atoms with E-state index in [0.717, 1.165) is 11.5 Å². The number of aromatic hydroxyl groups is 1. The number of hydrogen-bond donors (Lipinski definition) is 1. The van der Waals surface area contributed by atoms with Gasteiger partial charge in [0.25, 0.3) is 0 Å². The van der Waals surface area contributed by atoms with Crippen LogP contribution in [0.5, 0.6) is 5.75 Å². The summed E-state index contributed by atoms with van der Waals surface area (Å²) in [5.41, 5.74) is 3.93. The summed E-state index contributed by atoms with van der Waals surface area (Å²) in [7, 11) is 0. The van der Waals surface area contributed by atoms with Gasteiger partial charge >= 0.3 is 0 Å². The lowest BCUT2D eigenvalue weighted by Gasteiger charge is -2.34. The molecule has 0 aliphatic heterocycles. The van der Waals surface area contributed by atoms with Crippen LogP contribution in [0.15, 0.2) is 12.1 Å². The molecule has 0 bridgehead atoms. The summed E-state index contributed by atoms with van der Waals surface area (Å²) in [6.45, 7) is 8.98. The molecule has 19 heavy (non-hydrogen) atoms. The van der Waals surface area contributed by atoms with Gasteiger partial charge < -0.3 is 5.11 Å². The largest absolute Gasteiger partial charge is 0.508 e. The highest BCUT2D eigenvalue weighted by Crippen LogP contribution is 2.45. The minimum Gasteiger partial charge on any atom is -0.508 e. The maximum atomic E-state index is 9.96. The predicted octanol–water partition coefficient (Wildman–Crippen LogP) is 5.51. The maximum Gasteiger partial charge on any atom is 0.118 e. The van der Waals surface area contributed by atoms with E-state index in [1.807, 2.05) is 13.0 Å². The molecule has 1 nitrogen and oxygen atoms in total. The standard InChI is InChI=1S/C18H28O/c1-5-6-7-12(2)15-9-8-13(3)16-11-18(19)14(4)10-17(15)16/h10-13,15,19H,5-9H2,1-4H3/t12-,13-,15+/m0/s1. The number of phenolic OH excluding ortho intramolecular Hbond substituents is 1. The summed E-state index contributed by atoms with van der Waals surface area (Å²) < 4.78 is 0. The molecule has 1 aromatic rings. The van der Waals surface area contributed by atoms with Crippen LogP contribution in [-0.4, -0.2) is 5.11 Å². The third-order valence-corrected chi connectivity index (χ3v) is 4.94. The second kappa shape index (κ2) is 5.98. The number of fused-ring (bicyclic) bond motifs is 1. The van der Waals surface area contributed by atoms with Crippen LogP contribution < -0.4 is 0 Å². The Morgan fingerprint density at radius 3 is 2.68 bits per heavy atom. The first-order chi connectivity index (χ1) is 9.04. The van der Waals surface area contributed by atoms with E-state index in [9.17, 15) is 5.11 Å². The summed E-state index contributed by atoms with van der Waals surface area (Å²) in [6, 6.07) is 4.27. The molecule has 0 fully saturated rings. The van der Waals surface area contributed by atoms with E-state index in [1.54, 1.807) is 0 Å². The Morgan fingerprint density at radius 2 is 2.00 bits per heavy atom. The fraction of sp³-hybridized carbons (Fsp3) is 0.667. The van der Waals surface area contributed by atoms with Gasteiger partial charge in [0.2, 0.25) is 0 Å². The van der Waals surface area contributed by atoms with Gasteiger partial charge in [0.15, 0.2) is 0 Å². The van der Waals surface area contributed by atoms with E-state index in [2.05, 4.69) is 26.8 Å². The van der Waals surface area contributed by atoms with Crippen LogP contribution in [0, 0.1) is 12.8 Å². The quantitative estimate of drug-likeness (QED) is 0.757. The molecule has 1 aromatic carbocycles. The monoisotopic (exact) mass is 260 g/mol. The SMILES string of the molecule is CCCC[C@H](C)[C@H]1CC[C@H](C)c2cc(O)c(C)cc21. The molecule has 1 aliphatic carbocycles. The third kappa shape index (κ3) is 2.96. The Morgan fingerprint density at radius 1 is 1.26 bits per heavy atom. The molecule has 0 unspecified atom stereocenters. The lowest BCUT2D eigenvalue weighted by molar-refractivity contribution is 0.359. The van der Waals surface area contributed by atoms with Crippen LogP contribution in [0.25, 0.3) is 0 Å². The van der Waals surface area contributed by atoms with Gasteiger partial charge in [0.05, 0.1) is 0 Å². The first-order valence-electron chi connectivity index (χ1n) is 7.88. The van der Waals surface area contributed by atoms with Crippen LogP contribution >= 0.6 is 0 Å². The predicted molar refractivity (Wildman–Crippen MR) is 81.9 cm³/mol. The highest BCUT2D eigenvalue weighted by Gasteiger charge is 2.29. The van der Waals surface area contributed by atoms with E-state index in [1.165, 1.54) is 43.2 Å². The molecule has 0 heterocycles. The van der Waals surface area contributed by atoms with Crippen molar-refractivity contribution in [3.05, 3.63) is 28.8 Å². The normalized spacial score (nSPS) is 24.0. The number of hydrogen-bond acceptors (Lipinski definition) is 1. The molecule has 3 atom stereocenters. The molecule has 1 heteroatoms. The van der Waals surface area contributed by atoms with E-state index in [-0.39, 0.29) is 0 Å². The third-order valence-electron chi connectivity index (χ3n) is 4.94.